The zero-order valence-corrected chi connectivity index (χ0v) is 26.6. The molecule has 0 aromatic rings. The molecule has 1 aliphatic heterocycles. The molecule has 0 bridgehead atoms. The SMILES string of the molecule is CCOC(O)C1CCC(CCC2=CC(N(C)C)C3C[C@@]4(C)C[C@@]5(C)CC(=O)C(C(C)=O)=C(O)[C@@]5(O)C(O)C4C(=O)C3C2O)=N1. The van der Waals surface area contributed by atoms with Crippen LogP contribution in [0.1, 0.15) is 72.6 Å². The molecule has 0 radical (unpaired) electrons. The highest BCUT2D eigenvalue weighted by Gasteiger charge is 2.72. The largest absolute Gasteiger partial charge is 0.508 e. The van der Waals surface area contributed by atoms with Crippen molar-refractivity contribution in [3.63, 3.8) is 0 Å². The first-order valence-corrected chi connectivity index (χ1v) is 15.8. The minimum Gasteiger partial charge on any atom is -0.508 e. The summed E-state index contributed by atoms with van der Waals surface area (Å²) in [4.78, 5) is 46.5. The fourth-order valence-corrected chi connectivity index (χ4v) is 9.45. The Morgan fingerprint density at radius 1 is 1.20 bits per heavy atom. The molecule has 5 rings (SSSR count). The van der Waals surface area contributed by atoms with Gasteiger partial charge in [0.05, 0.1) is 17.9 Å². The van der Waals surface area contributed by atoms with Crippen LogP contribution in [-0.2, 0) is 19.1 Å². The Morgan fingerprint density at radius 3 is 2.50 bits per heavy atom. The van der Waals surface area contributed by atoms with Crippen LogP contribution in [0.5, 0.6) is 0 Å². The van der Waals surface area contributed by atoms with Crippen LogP contribution in [0.25, 0.3) is 0 Å². The summed E-state index contributed by atoms with van der Waals surface area (Å²) in [6.07, 6.45) is 0.976. The Hall–Kier alpha value is -2.28. The van der Waals surface area contributed by atoms with Gasteiger partial charge in [-0.3, -0.25) is 19.4 Å². The van der Waals surface area contributed by atoms with Gasteiger partial charge in [0.2, 0.25) is 0 Å². The number of hydrogen-bond donors (Lipinski definition) is 5. The van der Waals surface area contributed by atoms with Gasteiger partial charge in [-0.25, -0.2) is 0 Å². The van der Waals surface area contributed by atoms with Gasteiger partial charge in [0.25, 0.3) is 0 Å². The van der Waals surface area contributed by atoms with E-state index in [-0.39, 0.29) is 36.6 Å². The highest BCUT2D eigenvalue weighted by atomic mass is 16.6. The lowest BCUT2D eigenvalue weighted by molar-refractivity contribution is -0.241. The molecule has 244 valence electrons. The Labute approximate surface area is 258 Å². The third kappa shape index (κ3) is 4.95. The van der Waals surface area contributed by atoms with Gasteiger partial charge in [0, 0.05) is 30.2 Å². The van der Waals surface area contributed by atoms with Gasteiger partial charge in [-0.2, -0.15) is 0 Å². The summed E-state index contributed by atoms with van der Waals surface area (Å²) in [7, 11) is 3.85. The number of carbonyl (C=O) groups is 3. The zero-order valence-electron chi connectivity index (χ0n) is 26.6. The molecule has 0 aromatic carbocycles. The summed E-state index contributed by atoms with van der Waals surface area (Å²) >= 11 is 0. The Bertz CT molecular complexity index is 1320. The number of rotatable bonds is 8. The predicted octanol–water partition coefficient (Wildman–Crippen LogP) is 1.66. The van der Waals surface area contributed by atoms with Gasteiger partial charge in [-0.15, -0.1) is 0 Å². The summed E-state index contributed by atoms with van der Waals surface area (Å²) < 4.78 is 5.30. The second-order valence-corrected chi connectivity index (χ2v) is 14.5. The smallest absolute Gasteiger partial charge is 0.177 e. The lowest BCUT2D eigenvalue weighted by Crippen LogP contribution is -2.73. The van der Waals surface area contributed by atoms with Gasteiger partial charge >= 0.3 is 0 Å². The quantitative estimate of drug-likeness (QED) is 0.153. The van der Waals surface area contributed by atoms with Crippen molar-refractivity contribution in [2.45, 2.75) is 109 Å². The molecule has 4 aliphatic carbocycles. The molecule has 0 aromatic heterocycles. The van der Waals surface area contributed by atoms with Crippen LogP contribution in [0.15, 0.2) is 28.0 Å². The van der Waals surface area contributed by atoms with Crippen LogP contribution >= 0.6 is 0 Å². The first kappa shape index (κ1) is 33.1. The number of aliphatic hydroxyl groups excluding tert-OH is 4. The average Bonchev–Trinajstić information content (AvgIpc) is 3.39. The van der Waals surface area contributed by atoms with Crippen molar-refractivity contribution in [1.29, 1.82) is 0 Å². The highest BCUT2D eigenvalue weighted by Crippen LogP contribution is 2.65. The molecule has 44 heavy (non-hydrogen) atoms. The second kappa shape index (κ2) is 11.5. The van der Waals surface area contributed by atoms with Crippen molar-refractivity contribution in [3.8, 4) is 0 Å². The van der Waals surface area contributed by atoms with E-state index in [2.05, 4.69) is 4.99 Å². The van der Waals surface area contributed by atoms with Crippen LogP contribution in [0.2, 0.25) is 0 Å². The molecule has 1 heterocycles. The molecule has 11 atom stereocenters. The zero-order chi connectivity index (χ0) is 32.5. The van der Waals surface area contributed by atoms with Gasteiger partial charge in [0.15, 0.2) is 23.5 Å². The van der Waals surface area contributed by atoms with Crippen molar-refractivity contribution in [1.82, 2.24) is 4.90 Å². The molecule has 2 saturated carbocycles. The minimum absolute atomic E-state index is 0.162. The van der Waals surface area contributed by atoms with E-state index < -0.39 is 69.7 Å². The first-order valence-electron chi connectivity index (χ1n) is 15.8. The molecule has 0 saturated heterocycles. The third-order valence-corrected chi connectivity index (χ3v) is 11.4. The number of ketones is 3. The van der Waals surface area contributed by atoms with Crippen molar-refractivity contribution >= 4 is 23.1 Å². The second-order valence-electron chi connectivity index (χ2n) is 14.5. The average molecular weight is 617 g/mol. The highest BCUT2D eigenvalue weighted by molar-refractivity contribution is 6.20. The van der Waals surface area contributed by atoms with Gasteiger partial charge in [0.1, 0.15) is 29.3 Å². The summed E-state index contributed by atoms with van der Waals surface area (Å²) in [5, 5.41) is 56.9. The fraction of sp³-hybridized carbons (Fsp3) is 0.758. The number of hydrogen-bond acceptors (Lipinski definition) is 11. The van der Waals surface area contributed by atoms with E-state index in [0.29, 0.717) is 44.3 Å². The number of aliphatic hydroxyl groups is 5. The third-order valence-electron chi connectivity index (χ3n) is 11.4. The van der Waals surface area contributed by atoms with E-state index in [0.717, 1.165) is 12.6 Å². The maximum atomic E-state index is 14.5. The maximum absolute atomic E-state index is 14.5. The van der Waals surface area contributed by atoms with Gasteiger partial charge in [-0.05, 0) is 83.4 Å². The topological polar surface area (TPSA) is 177 Å². The monoisotopic (exact) mass is 616 g/mol. The van der Waals surface area contributed by atoms with Gasteiger partial charge < -0.3 is 35.2 Å². The molecular formula is C33H48N2O9. The van der Waals surface area contributed by atoms with Crippen molar-refractivity contribution in [2.24, 2.45) is 33.6 Å². The summed E-state index contributed by atoms with van der Waals surface area (Å²) in [6.45, 7) is 6.83. The van der Waals surface area contributed by atoms with E-state index in [1.165, 1.54) is 0 Å². The number of nitrogens with zero attached hydrogens (tertiary/aromatic N) is 2. The number of allylic oxidation sites excluding steroid dienone is 1. The summed E-state index contributed by atoms with van der Waals surface area (Å²) in [5.41, 5.74) is -3.44. The van der Waals surface area contributed by atoms with Crippen LogP contribution in [0.4, 0.5) is 0 Å². The van der Waals surface area contributed by atoms with E-state index in [9.17, 15) is 39.9 Å². The van der Waals surface area contributed by atoms with Crippen LogP contribution in [0, 0.1) is 28.6 Å². The van der Waals surface area contributed by atoms with Crippen molar-refractivity contribution in [3.05, 3.63) is 23.0 Å². The first-order chi connectivity index (χ1) is 20.5. The van der Waals surface area contributed by atoms with E-state index in [1.54, 1.807) is 6.92 Å². The Morgan fingerprint density at radius 2 is 1.89 bits per heavy atom. The fourth-order valence-electron chi connectivity index (χ4n) is 9.45. The summed E-state index contributed by atoms with van der Waals surface area (Å²) in [6, 6.07) is -0.505. The molecule has 5 aliphatic rings. The molecule has 5 N–H and O–H groups in total. The van der Waals surface area contributed by atoms with Gasteiger partial charge in [-0.1, -0.05) is 19.9 Å². The number of fused-ring (bicyclic) bond motifs is 3. The van der Waals surface area contributed by atoms with E-state index >= 15 is 0 Å². The number of carbonyl (C=O) groups excluding carboxylic acids is 3. The molecular weight excluding hydrogens is 568 g/mol. The number of Topliss-reactive ketones (excluding diaryl/α,β-unsaturated/α-hetero) is 3. The standard InChI is InChI=1S/C33H48N2O9/c1-7-44-30(42)20-11-10-18(34-20)9-8-17-12-21(35(5)6)19-13-31(3)15-32(4)14-22(37)23(16(2)36)28(40)33(32,43)29(41)25(31)27(39)24(19)26(17)38/h12,19-21,24-26,29-30,38,40-43H,7-11,13-15H2,1-6H3/t19?,20?,21?,24?,25?,26?,29?,30?,31-,32+,33+/m0/s1. The molecule has 11 heteroatoms. The Kier molecular flexibility index (Phi) is 8.65. The number of aliphatic imine (C=N–C) groups is 1. The minimum atomic E-state index is -2.38. The van der Waals surface area contributed by atoms with E-state index in [1.807, 2.05) is 38.9 Å². The molecule has 11 nitrogen and oxygen atoms in total. The van der Waals surface area contributed by atoms with E-state index in [4.69, 9.17) is 4.74 Å². The van der Waals surface area contributed by atoms with Crippen molar-refractivity contribution in [2.75, 3.05) is 20.7 Å². The lowest BCUT2D eigenvalue weighted by Gasteiger charge is -2.64. The van der Waals surface area contributed by atoms with Crippen LogP contribution < -0.4 is 0 Å². The maximum Gasteiger partial charge on any atom is 0.177 e. The summed E-state index contributed by atoms with van der Waals surface area (Å²) in [5.74, 6) is -4.83. The molecule has 0 amide bonds. The number of likely N-dealkylation sites (N-methyl/N-ethyl adjacent to an activating group) is 1. The predicted molar refractivity (Wildman–Crippen MR) is 161 cm³/mol. The van der Waals surface area contributed by atoms with Crippen LogP contribution in [0.3, 0.4) is 0 Å². The number of ether oxygens (including phenoxy) is 1. The molecule has 0 spiro atoms. The van der Waals surface area contributed by atoms with Crippen molar-refractivity contribution < 1.29 is 44.7 Å². The Balaban J connectivity index is 1.47. The lowest BCUT2D eigenvalue weighted by atomic mass is 9.41. The molecule has 2 fully saturated rings. The molecule has 8 unspecified atom stereocenters. The normalized spacial score (nSPS) is 42.8. The van der Waals surface area contributed by atoms with Crippen LogP contribution in [-0.4, -0.2) is 110 Å².